The van der Waals surface area contributed by atoms with Gasteiger partial charge in [-0.25, -0.2) is 0 Å². The molecule has 0 heterocycles. The zero-order valence-corrected chi connectivity index (χ0v) is 10.8. The number of rotatable bonds is 6. The van der Waals surface area contributed by atoms with Crippen molar-refractivity contribution in [2.45, 2.75) is 65.3 Å². The molecule has 0 radical (unpaired) electrons. The molecule has 4 heteroatoms. The molecule has 3 atom stereocenters. The summed E-state index contributed by atoms with van der Waals surface area (Å²) in [7, 11) is 0. The van der Waals surface area contributed by atoms with Crippen molar-refractivity contribution < 1.29 is 20.1 Å². The van der Waals surface area contributed by atoms with Gasteiger partial charge in [-0.3, -0.25) is 4.79 Å². The van der Waals surface area contributed by atoms with Crippen LogP contribution in [-0.2, 0) is 4.79 Å². The highest BCUT2D eigenvalue weighted by atomic mass is 16.3. The van der Waals surface area contributed by atoms with E-state index in [2.05, 4.69) is 0 Å². The summed E-state index contributed by atoms with van der Waals surface area (Å²) in [6, 6.07) is 0. The van der Waals surface area contributed by atoms with E-state index in [4.69, 9.17) is 0 Å². The number of carbonyl (C=O) groups is 1. The van der Waals surface area contributed by atoms with Crippen LogP contribution < -0.4 is 0 Å². The Labute approximate surface area is 97.3 Å². The molecule has 3 unspecified atom stereocenters. The molecule has 0 bridgehead atoms. The van der Waals surface area contributed by atoms with E-state index < -0.39 is 29.0 Å². The number of hydrogen-bond donors (Lipinski definition) is 3. The van der Waals surface area contributed by atoms with Crippen LogP contribution in [0.1, 0.15) is 47.5 Å². The Bertz CT molecular complexity index is 242. The van der Waals surface area contributed by atoms with Crippen molar-refractivity contribution in [2.24, 2.45) is 5.41 Å². The lowest BCUT2D eigenvalue weighted by atomic mass is 9.62. The lowest BCUT2D eigenvalue weighted by Crippen LogP contribution is -2.62. The average Bonchev–Trinajstić information content (AvgIpc) is 2.00. The van der Waals surface area contributed by atoms with E-state index in [1.807, 2.05) is 6.92 Å². The van der Waals surface area contributed by atoms with Crippen LogP contribution in [0.25, 0.3) is 0 Å². The number of aliphatic hydroxyl groups excluding tert-OH is 2. The van der Waals surface area contributed by atoms with Crippen molar-refractivity contribution >= 4 is 5.78 Å². The van der Waals surface area contributed by atoms with Gasteiger partial charge in [-0.1, -0.05) is 13.3 Å². The second-order valence-corrected chi connectivity index (χ2v) is 4.96. The van der Waals surface area contributed by atoms with Crippen LogP contribution in [0.2, 0.25) is 0 Å². The highest BCUT2D eigenvalue weighted by Gasteiger charge is 2.56. The summed E-state index contributed by atoms with van der Waals surface area (Å²) in [5.74, 6) is -0.393. The van der Waals surface area contributed by atoms with Crippen LogP contribution in [0.15, 0.2) is 0 Å². The van der Waals surface area contributed by atoms with Gasteiger partial charge in [-0.15, -0.1) is 0 Å². The van der Waals surface area contributed by atoms with Gasteiger partial charge < -0.3 is 15.3 Å². The molecule has 0 amide bonds. The smallest absolute Gasteiger partial charge is 0.144 e. The first-order valence-corrected chi connectivity index (χ1v) is 5.71. The molecule has 0 saturated heterocycles. The van der Waals surface area contributed by atoms with Crippen LogP contribution >= 0.6 is 0 Å². The van der Waals surface area contributed by atoms with Gasteiger partial charge in [0.15, 0.2) is 0 Å². The van der Waals surface area contributed by atoms with Gasteiger partial charge in [0, 0.05) is 0 Å². The standard InChI is InChI=1S/C12H24O4/c1-6-7-10(15)12(8(2)13,9(3)14)11(4,5)16/h8,10,13,15-16H,6-7H2,1-5H3. The third kappa shape index (κ3) is 2.44. The molecule has 0 aliphatic carbocycles. The molecule has 0 aromatic rings. The molecule has 0 rings (SSSR count). The minimum atomic E-state index is -1.52. The quantitative estimate of drug-likeness (QED) is 0.635. The summed E-state index contributed by atoms with van der Waals surface area (Å²) in [6.07, 6.45) is -1.10. The van der Waals surface area contributed by atoms with E-state index in [-0.39, 0.29) is 0 Å². The van der Waals surface area contributed by atoms with Crippen LogP contribution in [-0.4, -0.2) is 38.9 Å². The van der Waals surface area contributed by atoms with Gasteiger partial charge in [0.1, 0.15) is 11.2 Å². The third-order valence-electron chi connectivity index (χ3n) is 3.34. The Kier molecular flexibility index (Phi) is 5.11. The van der Waals surface area contributed by atoms with E-state index in [1.54, 1.807) is 0 Å². The van der Waals surface area contributed by atoms with Gasteiger partial charge in [-0.2, -0.15) is 0 Å². The second kappa shape index (κ2) is 5.25. The monoisotopic (exact) mass is 232 g/mol. The lowest BCUT2D eigenvalue weighted by molar-refractivity contribution is -0.185. The van der Waals surface area contributed by atoms with Crippen molar-refractivity contribution in [3.05, 3.63) is 0 Å². The van der Waals surface area contributed by atoms with Crippen molar-refractivity contribution in [1.82, 2.24) is 0 Å². The minimum absolute atomic E-state index is 0.370. The van der Waals surface area contributed by atoms with Crippen molar-refractivity contribution in [1.29, 1.82) is 0 Å². The Morgan fingerprint density at radius 1 is 1.31 bits per heavy atom. The van der Waals surface area contributed by atoms with Crippen LogP contribution in [0, 0.1) is 5.41 Å². The maximum Gasteiger partial charge on any atom is 0.144 e. The number of carbonyl (C=O) groups excluding carboxylic acids is 1. The normalized spacial score (nSPS) is 20.0. The SMILES string of the molecule is CCCC(O)C(C(C)=O)(C(C)O)C(C)(C)O. The third-order valence-corrected chi connectivity index (χ3v) is 3.34. The van der Waals surface area contributed by atoms with E-state index in [1.165, 1.54) is 27.7 Å². The maximum atomic E-state index is 11.8. The predicted molar refractivity (Wildman–Crippen MR) is 62.0 cm³/mol. The number of ketones is 1. The highest BCUT2D eigenvalue weighted by Crippen LogP contribution is 2.41. The number of aliphatic hydroxyl groups is 3. The highest BCUT2D eigenvalue weighted by molar-refractivity contribution is 5.85. The molecule has 0 aliphatic heterocycles. The summed E-state index contributed by atoms with van der Waals surface area (Å²) >= 11 is 0. The first kappa shape index (κ1) is 15.6. The zero-order chi connectivity index (χ0) is 13.1. The minimum Gasteiger partial charge on any atom is -0.392 e. The van der Waals surface area contributed by atoms with Gasteiger partial charge in [0.2, 0.25) is 0 Å². The molecular formula is C12H24O4. The Hall–Kier alpha value is -0.450. The molecule has 0 aromatic carbocycles. The van der Waals surface area contributed by atoms with E-state index in [0.29, 0.717) is 12.8 Å². The molecule has 0 spiro atoms. The van der Waals surface area contributed by atoms with Gasteiger partial charge >= 0.3 is 0 Å². The van der Waals surface area contributed by atoms with Gasteiger partial charge in [0.25, 0.3) is 0 Å². The van der Waals surface area contributed by atoms with Crippen LogP contribution in [0.3, 0.4) is 0 Å². The number of Topliss-reactive ketones (excluding diaryl/α,β-unsaturated/α-hetero) is 1. The van der Waals surface area contributed by atoms with Crippen molar-refractivity contribution in [3.63, 3.8) is 0 Å². The van der Waals surface area contributed by atoms with Crippen molar-refractivity contribution in [2.75, 3.05) is 0 Å². The summed E-state index contributed by atoms with van der Waals surface area (Å²) in [4.78, 5) is 11.8. The van der Waals surface area contributed by atoms with E-state index in [9.17, 15) is 20.1 Å². The molecule has 0 fully saturated rings. The molecule has 4 nitrogen and oxygen atoms in total. The molecule has 96 valence electrons. The first-order chi connectivity index (χ1) is 7.12. The summed E-state index contributed by atoms with van der Waals surface area (Å²) in [5.41, 5.74) is -3.00. The fourth-order valence-corrected chi connectivity index (χ4v) is 2.66. The average molecular weight is 232 g/mol. The Balaban J connectivity index is 5.54. The van der Waals surface area contributed by atoms with Crippen LogP contribution in [0.5, 0.6) is 0 Å². The Morgan fingerprint density at radius 3 is 1.94 bits per heavy atom. The van der Waals surface area contributed by atoms with E-state index >= 15 is 0 Å². The van der Waals surface area contributed by atoms with Crippen LogP contribution in [0.4, 0.5) is 0 Å². The first-order valence-electron chi connectivity index (χ1n) is 5.71. The fraction of sp³-hybridized carbons (Fsp3) is 0.917. The molecule has 0 saturated carbocycles. The van der Waals surface area contributed by atoms with Gasteiger partial charge in [0.05, 0.1) is 17.8 Å². The zero-order valence-electron chi connectivity index (χ0n) is 10.8. The van der Waals surface area contributed by atoms with E-state index in [0.717, 1.165) is 0 Å². The van der Waals surface area contributed by atoms with Crippen molar-refractivity contribution in [3.8, 4) is 0 Å². The maximum absolute atomic E-state index is 11.8. The molecule has 3 N–H and O–H groups in total. The largest absolute Gasteiger partial charge is 0.392 e. The summed E-state index contributed by atoms with van der Waals surface area (Å²) in [6.45, 7) is 7.49. The topological polar surface area (TPSA) is 77.8 Å². The second-order valence-electron chi connectivity index (χ2n) is 4.96. The number of hydrogen-bond acceptors (Lipinski definition) is 4. The molecule has 16 heavy (non-hydrogen) atoms. The summed E-state index contributed by atoms with van der Waals surface area (Å²) < 4.78 is 0. The molecular weight excluding hydrogens is 208 g/mol. The lowest BCUT2D eigenvalue weighted by Gasteiger charge is -2.46. The van der Waals surface area contributed by atoms with Gasteiger partial charge in [-0.05, 0) is 34.1 Å². The fourth-order valence-electron chi connectivity index (χ4n) is 2.66. The predicted octanol–water partition coefficient (Wildman–Crippen LogP) is 0.874. The Morgan fingerprint density at radius 2 is 1.75 bits per heavy atom. The molecule has 0 aromatic heterocycles. The summed E-state index contributed by atoms with van der Waals surface area (Å²) in [5, 5.41) is 30.0. The molecule has 0 aliphatic rings.